The summed E-state index contributed by atoms with van der Waals surface area (Å²) in [4.78, 5) is 11.0. The summed E-state index contributed by atoms with van der Waals surface area (Å²) in [7, 11) is -2.21. The topological polar surface area (TPSA) is 95.7 Å². The Balaban J connectivity index is 2.85. The van der Waals surface area contributed by atoms with Crippen LogP contribution in [0, 0.1) is 0 Å². The highest BCUT2D eigenvalue weighted by atomic mass is 32.2. The van der Waals surface area contributed by atoms with E-state index in [9.17, 15) is 13.2 Å². The summed E-state index contributed by atoms with van der Waals surface area (Å²) in [6.45, 7) is 2.24. The second-order valence-electron chi connectivity index (χ2n) is 4.22. The molecule has 0 radical (unpaired) electrons. The summed E-state index contributed by atoms with van der Waals surface area (Å²) >= 11 is 0. The van der Waals surface area contributed by atoms with Crippen molar-refractivity contribution in [3.63, 3.8) is 0 Å². The highest BCUT2D eigenvalue weighted by Crippen LogP contribution is 2.24. The highest BCUT2D eigenvalue weighted by Gasteiger charge is 2.17. The first-order valence-electron chi connectivity index (χ1n) is 6.16. The number of nitrogen functional groups attached to an aromatic ring is 1. The minimum atomic E-state index is -3.43. The summed E-state index contributed by atoms with van der Waals surface area (Å²) in [5, 5.41) is 0. The molecule has 0 aliphatic carbocycles. The largest absolute Gasteiger partial charge is 0.494 e. The van der Waals surface area contributed by atoms with Gasteiger partial charge in [-0.25, -0.2) is 8.42 Å². The smallest absolute Gasteiger partial charge is 0.306 e. The first kappa shape index (κ1) is 16.3. The molecule has 7 heteroatoms. The maximum absolute atomic E-state index is 12.0. The van der Waals surface area contributed by atoms with Crippen molar-refractivity contribution in [1.82, 2.24) is 0 Å². The third-order valence-electron chi connectivity index (χ3n) is 2.60. The zero-order valence-electron chi connectivity index (χ0n) is 11.6. The number of rotatable bonds is 7. The van der Waals surface area contributed by atoms with Gasteiger partial charge in [-0.1, -0.05) is 0 Å². The number of nitrogens with two attached hydrogens (primary N) is 1. The van der Waals surface area contributed by atoms with Gasteiger partial charge in [-0.2, -0.15) is 0 Å². The van der Waals surface area contributed by atoms with Gasteiger partial charge in [-0.3, -0.25) is 4.79 Å². The van der Waals surface area contributed by atoms with Gasteiger partial charge in [0.2, 0.25) is 0 Å². The van der Waals surface area contributed by atoms with Crippen molar-refractivity contribution in [2.24, 2.45) is 0 Å². The van der Waals surface area contributed by atoms with Crippen LogP contribution in [0.25, 0.3) is 0 Å². The lowest BCUT2D eigenvalue weighted by molar-refractivity contribution is -0.140. The second kappa shape index (κ2) is 7.14. The molecule has 0 saturated carbocycles. The Hall–Kier alpha value is -1.76. The van der Waals surface area contributed by atoms with Gasteiger partial charge < -0.3 is 15.2 Å². The average Bonchev–Trinajstić information content (AvgIpc) is 2.39. The Morgan fingerprint density at radius 3 is 2.65 bits per heavy atom. The first-order valence-corrected chi connectivity index (χ1v) is 7.98. The molecule has 0 aromatic heterocycles. The van der Waals surface area contributed by atoms with E-state index in [0.717, 1.165) is 0 Å². The number of methoxy groups -OCH3 is 1. The van der Waals surface area contributed by atoms with Crippen molar-refractivity contribution in [3.8, 4) is 5.75 Å². The number of carbonyl (C=O) groups is 1. The SMILES string of the molecule is CCOc1ccc(N)cc1CS(=O)(=O)CCC(=O)OC. The van der Waals surface area contributed by atoms with Crippen molar-refractivity contribution < 1.29 is 22.7 Å². The standard InChI is InChI=1S/C13H19NO5S/c1-3-19-12-5-4-11(14)8-10(12)9-20(16,17)7-6-13(15)18-2/h4-5,8H,3,6-7,9,14H2,1-2H3. The molecule has 0 heterocycles. The van der Waals surface area contributed by atoms with Gasteiger partial charge in [0.05, 0.1) is 31.6 Å². The Morgan fingerprint density at radius 1 is 1.35 bits per heavy atom. The minimum absolute atomic E-state index is 0.162. The molecule has 20 heavy (non-hydrogen) atoms. The van der Waals surface area contributed by atoms with Gasteiger partial charge in [0.15, 0.2) is 9.84 Å². The molecule has 0 bridgehead atoms. The lowest BCUT2D eigenvalue weighted by Crippen LogP contribution is -2.14. The number of ether oxygens (including phenoxy) is 2. The number of anilines is 1. The summed E-state index contributed by atoms with van der Waals surface area (Å²) in [5.74, 6) is -0.542. The normalized spacial score (nSPS) is 11.1. The van der Waals surface area contributed by atoms with Crippen molar-refractivity contribution in [2.75, 3.05) is 25.2 Å². The van der Waals surface area contributed by atoms with Crippen LogP contribution in [0.1, 0.15) is 18.9 Å². The third kappa shape index (κ3) is 5.08. The van der Waals surface area contributed by atoms with Crippen LogP contribution in [0.3, 0.4) is 0 Å². The second-order valence-corrected chi connectivity index (χ2v) is 6.40. The van der Waals surface area contributed by atoms with Crippen LogP contribution in [0.15, 0.2) is 18.2 Å². The number of sulfone groups is 1. The molecule has 0 amide bonds. The summed E-state index contributed by atoms with van der Waals surface area (Å²) < 4.78 is 33.8. The van der Waals surface area contributed by atoms with Crippen LogP contribution >= 0.6 is 0 Å². The predicted molar refractivity (Wildman–Crippen MR) is 76.1 cm³/mol. The van der Waals surface area contributed by atoms with Crippen LogP contribution in [-0.4, -0.2) is 33.9 Å². The quantitative estimate of drug-likeness (QED) is 0.599. The monoisotopic (exact) mass is 301 g/mol. The molecule has 1 aromatic rings. The number of benzene rings is 1. The van der Waals surface area contributed by atoms with E-state index >= 15 is 0 Å². The Morgan fingerprint density at radius 2 is 2.05 bits per heavy atom. The number of esters is 1. The lowest BCUT2D eigenvalue weighted by Gasteiger charge is -2.11. The van der Waals surface area contributed by atoms with E-state index in [-0.39, 0.29) is 17.9 Å². The van der Waals surface area contributed by atoms with Gasteiger partial charge in [-0.05, 0) is 25.1 Å². The van der Waals surface area contributed by atoms with Gasteiger partial charge in [0, 0.05) is 11.3 Å². The molecule has 1 aromatic carbocycles. The van der Waals surface area contributed by atoms with Crippen LogP contribution in [-0.2, 0) is 25.1 Å². The molecule has 0 saturated heterocycles. The maximum atomic E-state index is 12.0. The molecular formula is C13H19NO5S. The summed E-state index contributed by atoms with van der Waals surface area (Å²) in [5.41, 5.74) is 6.62. The number of hydrogen-bond donors (Lipinski definition) is 1. The molecule has 0 fully saturated rings. The van der Waals surface area contributed by atoms with E-state index in [0.29, 0.717) is 23.6 Å². The van der Waals surface area contributed by atoms with Crippen molar-refractivity contribution in [1.29, 1.82) is 0 Å². The third-order valence-corrected chi connectivity index (χ3v) is 4.18. The summed E-state index contributed by atoms with van der Waals surface area (Å²) in [6.07, 6.45) is -0.162. The minimum Gasteiger partial charge on any atom is -0.494 e. The van der Waals surface area contributed by atoms with Crippen LogP contribution in [0.4, 0.5) is 5.69 Å². The van der Waals surface area contributed by atoms with Gasteiger partial charge >= 0.3 is 5.97 Å². The molecule has 0 aliphatic rings. The van der Waals surface area contributed by atoms with E-state index < -0.39 is 15.8 Å². The molecule has 0 aliphatic heterocycles. The average molecular weight is 301 g/mol. The Bertz CT molecular complexity index is 568. The predicted octanol–water partition coefficient (Wildman–Crippen LogP) is 1.15. The Kier molecular flexibility index (Phi) is 5.82. The van der Waals surface area contributed by atoms with Crippen molar-refractivity contribution >= 4 is 21.5 Å². The van der Waals surface area contributed by atoms with Gasteiger partial charge in [0.1, 0.15) is 5.75 Å². The highest BCUT2D eigenvalue weighted by molar-refractivity contribution is 7.90. The molecule has 112 valence electrons. The number of carbonyl (C=O) groups excluding carboxylic acids is 1. The van der Waals surface area contributed by atoms with E-state index in [1.807, 2.05) is 6.92 Å². The van der Waals surface area contributed by atoms with Gasteiger partial charge in [0.25, 0.3) is 0 Å². The molecule has 0 atom stereocenters. The van der Waals surface area contributed by atoms with Crippen LogP contribution in [0.2, 0.25) is 0 Å². The molecule has 2 N–H and O–H groups in total. The molecule has 1 rings (SSSR count). The zero-order valence-corrected chi connectivity index (χ0v) is 12.4. The summed E-state index contributed by atoms with van der Waals surface area (Å²) in [6, 6.07) is 4.86. The van der Waals surface area contributed by atoms with E-state index in [1.165, 1.54) is 7.11 Å². The van der Waals surface area contributed by atoms with Gasteiger partial charge in [-0.15, -0.1) is 0 Å². The van der Waals surface area contributed by atoms with Crippen molar-refractivity contribution in [3.05, 3.63) is 23.8 Å². The fourth-order valence-electron chi connectivity index (χ4n) is 1.66. The van der Waals surface area contributed by atoms with Crippen LogP contribution in [0.5, 0.6) is 5.75 Å². The first-order chi connectivity index (χ1) is 9.38. The van der Waals surface area contributed by atoms with Crippen LogP contribution < -0.4 is 10.5 Å². The molecule has 6 nitrogen and oxygen atoms in total. The van der Waals surface area contributed by atoms with E-state index in [4.69, 9.17) is 10.5 Å². The molecule has 0 spiro atoms. The maximum Gasteiger partial charge on any atom is 0.306 e. The van der Waals surface area contributed by atoms with E-state index in [1.54, 1.807) is 18.2 Å². The number of hydrogen-bond acceptors (Lipinski definition) is 6. The molecular weight excluding hydrogens is 282 g/mol. The van der Waals surface area contributed by atoms with Crippen molar-refractivity contribution in [2.45, 2.75) is 19.1 Å². The molecule has 0 unspecified atom stereocenters. The Labute approximate surface area is 118 Å². The lowest BCUT2D eigenvalue weighted by atomic mass is 10.2. The van der Waals surface area contributed by atoms with E-state index in [2.05, 4.69) is 4.74 Å². The zero-order chi connectivity index (χ0) is 15.2. The fraction of sp³-hybridized carbons (Fsp3) is 0.462. The fourth-order valence-corrected chi connectivity index (χ4v) is 2.98.